The maximum atomic E-state index is 6.45. The summed E-state index contributed by atoms with van der Waals surface area (Å²) < 4.78 is 14.0. The number of fused-ring (bicyclic) bond motifs is 12. The minimum absolute atomic E-state index is 0.909. The highest BCUT2D eigenvalue weighted by molar-refractivity contribution is 7.25. The Hall–Kier alpha value is -8.18. The van der Waals surface area contributed by atoms with Crippen LogP contribution in [0.2, 0.25) is 0 Å². The predicted octanol–water partition coefficient (Wildman–Crippen LogP) is 17.1. The van der Waals surface area contributed by atoms with E-state index >= 15 is 0 Å². The molecule has 10 aromatic carbocycles. The third-order valence-corrected chi connectivity index (χ3v) is 14.5. The zero-order chi connectivity index (χ0) is 41.9. The van der Waals surface area contributed by atoms with E-state index in [1.165, 1.54) is 86.0 Å². The van der Waals surface area contributed by atoms with Crippen molar-refractivity contribution in [3.8, 4) is 44.8 Å². The average Bonchev–Trinajstić information content (AvgIpc) is 4.12. The summed E-state index contributed by atoms with van der Waals surface area (Å²) in [5.74, 6) is 0. The molecule has 0 amide bonds. The fourth-order valence-corrected chi connectivity index (χ4v) is 11.7. The zero-order valence-electron chi connectivity index (χ0n) is 34.5. The number of furan rings is 1. The van der Waals surface area contributed by atoms with Crippen LogP contribution in [0, 0.1) is 0 Å². The molecule has 14 rings (SSSR count). The van der Waals surface area contributed by atoms with Crippen LogP contribution < -0.4 is 0 Å². The van der Waals surface area contributed by atoms with Crippen molar-refractivity contribution in [2.24, 2.45) is 0 Å². The number of rotatable bonds is 5. The SMILES string of the molecule is c1cc(-c2cccc3sc4ccccc4c23)cc(-n2c3ccccc3c3ccc(-c4cccc5c6ccccc6n(-c6ccc(-c7cccc8c7oc7ccccc78)cc6)c45)cc32)c1. The second kappa shape index (κ2) is 13.7. The molecule has 0 bridgehead atoms. The van der Waals surface area contributed by atoms with Crippen LogP contribution in [0.4, 0.5) is 0 Å². The molecule has 0 spiro atoms. The number of benzene rings is 10. The molecule has 64 heavy (non-hydrogen) atoms. The standard InChI is InChI=1S/C60H36N2OS/c1-5-24-52-45(15-1)47-34-31-39(36-54(47)61(52)41-14-9-13-38(35-41)42-19-12-28-57-58(42)51-18-4-8-27-56(51)64-57)43-20-10-22-49-46-16-2-6-25-53(46)62(59(43)49)40-32-29-37(30-33-40)44-21-11-23-50-48-17-3-7-26-55(48)63-60(44)50/h1-36H. The molecule has 0 aliphatic rings. The largest absolute Gasteiger partial charge is 0.455 e. The highest BCUT2D eigenvalue weighted by Crippen LogP contribution is 2.44. The Morgan fingerprint density at radius 3 is 1.78 bits per heavy atom. The molecular formula is C60H36N2OS. The van der Waals surface area contributed by atoms with Gasteiger partial charge in [-0.25, -0.2) is 0 Å². The lowest BCUT2D eigenvalue weighted by Gasteiger charge is -2.14. The third-order valence-electron chi connectivity index (χ3n) is 13.3. The summed E-state index contributed by atoms with van der Waals surface area (Å²) in [7, 11) is 0. The highest BCUT2D eigenvalue weighted by Gasteiger charge is 2.20. The summed E-state index contributed by atoms with van der Waals surface area (Å²) >= 11 is 1.87. The maximum absolute atomic E-state index is 6.45. The normalized spacial score (nSPS) is 12.1. The first-order valence-electron chi connectivity index (χ1n) is 21.8. The van der Waals surface area contributed by atoms with E-state index in [2.05, 4.69) is 215 Å². The Morgan fingerprint density at radius 2 is 0.922 bits per heavy atom. The number of hydrogen-bond donors (Lipinski definition) is 0. The van der Waals surface area contributed by atoms with Crippen LogP contribution in [0.3, 0.4) is 0 Å². The molecule has 0 radical (unpaired) electrons. The van der Waals surface area contributed by atoms with Crippen LogP contribution >= 0.6 is 11.3 Å². The van der Waals surface area contributed by atoms with Gasteiger partial charge in [0.2, 0.25) is 0 Å². The lowest BCUT2D eigenvalue weighted by atomic mass is 9.99. The van der Waals surface area contributed by atoms with E-state index in [-0.39, 0.29) is 0 Å². The highest BCUT2D eigenvalue weighted by atomic mass is 32.1. The number of aromatic nitrogens is 2. The Labute approximate surface area is 371 Å². The van der Waals surface area contributed by atoms with E-state index < -0.39 is 0 Å². The molecule has 0 aliphatic heterocycles. The van der Waals surface area contributed by atoms with E-state index in [4.69, 9.17) is 4.42 Å². The summed E-state index contributed by atoms with van der Waals surface area (Å²) in [4.78, 5) is 0. The van der Waals surface area contributed by atoms with Gasteiger partial charge in [-0.15, -0.1) is 11.3 Å². The van der Waals surface area contributed by atoms with Gasteiger partial charge in [-0.1, -0.05) is 158 Å². The molecule has 0 N–H and O–H groups in total. The van der Waals surface area contributed by atoms with E-state index in [0.717, 1.165) is 44.4 Å². The number of hydrogen-bond acceptors (Lipinski definition) is 2. The monoisotopic (exact) mass is 832 g/mol. The lowest BCUT2D eigenvalue weighted by molar-refractivity contribution is 0.670. The van der Waals surface area contributed by atoms with Crippen LogP contribution in [-0.4, -0.2) is 9.13 Å². The third kappa shape index (κ3) is 5.15. The van der Waals surface area contributed by atoms with Crippen LogP contribution in [-0.2, 0) is 0 Å². The van der Waals surface area contributed by atoms with Gasteiger partial charge in [-0.3, -0.25) is 0 Å². The Morgan fingerprint density at radius 1 is 0.328 bits per heavy atom. The van der Waals surface area contributed by atoms with E-state index in [0.29, 0.717) is 0 Å². The van der Waals surface area contributed by atoms with Crippen molar-refractivity contribution in [3.63, 3.8) is 0 Å². The molecule has 0 aliphatic carbocycles. The summed E-state index contributed by atoms with van der Waals surface area (Å²) in [5.41, 5.74) is 15.9. The van der Waals surface area contributed by atoms with Gasteiger partial charge in [-0.05, 0) is 82.9 Å². The van der Waals surface area contributed by atoms with Crippen LogP contribution in [0.5, 0.6) is 0 Å². The maximum Gasteiger partial charge on any atom is 0.143 e. The summed E-state index contributed by atoms with van der Waals surface area (Å²) in [5, 5.41) is 9.85. The Kier molecular flexibility index (Phi) is 7.56. The lowest BCUT2D eigenvalue weighted by Crippen LogP contribution is -1.96. The number of thiophene rings is 1. The van der Waals surface area contributed by atoms with Crippen molar-refractivity contribution in [2.45, 2.75) is 0 Å². The first-order chi connectivity index (χ1) is 31.7. The quantitative estimate of drug-likeness (QED) is 0.169. The topological polar surface area (TPSA) is 23.0 Å². The molecular weight excluding hydrogens is 797 g/mol. The molecule has 4 aromatic heterocycles. The van der Waals surface area contributed by atoms with Gasteiger partial charge in [0.1, 0.15) is 11.2 Å². The summed E-state index contributed by atoms with van der Waals surface area (Å²) in [6.07, 6.45) is 0. The number of nitrogens with zero attached hydrogens (tertiary/aromatic N) is 2. The summed E-state index contributed by atoms with van der Waals surface area (Å²) in [6, 6.07) is 79.8. The molecule has 4 heterocycles. The van der Waals surface area contributed by atoms with E-state index in [1.54, 1.807) is 0 Å². The van der Waals surface area contributed by atoms with Crippen molar-refractivity contribution in [1.29, 1.82) is 0 Å². The van der Waals surface area contributed by atoms with Gasteiger partial charge in [-0.2, -0.15) is 0 Å². The minimum Gasteiger partial charge on any atom is -0.455 e. The number of para-hydroxylation sites is 5. The van der Waals surface area contributed by atoms with Crippen LogP contribution in [0.1, 0.15) is 0 Å². The minimum atomic E-state index is 0.909. The van der Waals surface area contributed by atoms with Crippen molar-refractivity contribution >= 4 is 97.1 Å². The first-order valence-corrected chi connectivity index (χ1v) is 22.6. The Balaban J connectivity index is 0.947. The molecule has 0 atom stereocenters. The van der Waals surface area contributed by atoms with Gasteiger partial charge >= 0.3 is 0 Å². The van der Waals surface area contributed by atoms with Gasteiger partial charge in [0.05, 0.1) is 22.1 Å². The van der Waals surface area contributed by atoms with Crippen molar-refractivity contribution in [1.82, 2.24) is 9.13 Å². The smallest absolute Gasteiger partial charge is 0.143 e. The van der Waals surface area contributed by atoms with Gasteiger partial charge in [0.25, 0.3) is 0 Å². The van der Waals surface area contributed by atoms with Crippen LogP contribution in [0.15, 0.2) is 223 Å². The molecule has 4 heteroatoms. The van der Waals surface area contributed by atoms with Crippen molar-refractivity contribution in [2.75, 3.05) is 0 Å². The molecule has 14 aromatic rings. The van der Waals surface area contributed by atoms with Gasteiger partial charge < -0.3 is 13.6 Å². The van der Waals surface area contributed by atoms with E-state index in [9.17, 15) is 0 Å². The average molecular weight is 833 g/mol. The second-order valence-corrected chi connectivity index (χ2v) is 17.9. The molecule has 0 unspecified atom stereocenters. The van der Waals surface area contributed by atoms with Crippen molar-refractivity contribution in [3.05, 3.63) is 218 Å². The predicted molar refractivity (Wildman–Crippen MR) is 272 cm³/mol. The Bertz CT molecular complexity index is 4200. The fourth-order valence-electron chi connectivity index (χ4n) is 10.5. The van der Waals surface area contributed by atoms with E-state index in [1.807, 2.05) is 23.5 Å². The zero-order valence-corrected chi connectivity index (χ0v) is 35.3. The molecule has 298 valence electrons. The fraction of sp³-hybridized carbons (Fsp3) is 0. The van der Waals surface area contributed by atoms with Gasteiger partial charge in [0.15, 0.2) is 0 Å². The summed E-state index contributed by atoms with van der Waals surface area (Å²) in [6.45, 7) is 0. The molecule has 0 saturated carbocycles. The molecule has 3 nitrogen and oxygen atoms in total. The molecule has 0 saturated heterocycles. The van der Waals surface area contributed by atoms with Crippen LogP contribution in [0.25, 0.3) is 130 Å². The van der Waals surface area contributed by atoms with Gasteiger partial charge in [0, 0.05) is 75.0 Å². The first kappa shape index (κ1) is 35.4. The molecule has 0 fully saturated rings. The second-order valence-electron chi connectivity index (χ2n) is 16.8. The van der Waals surface area contributed by atoms with Crippen molar-refractivity contribution < 1.29 is 4.42 Å².